The molecule has 1 heterocycles. The second-order valence-electron chi connectivity index (χ2n) is 4.57. The third-order valence-electron chi connectivity index (χ3n) is 2.96. The van der Waals surface area contributed by atoms with Crippen LogP contribution in [-0.4, -0.2) is 38.4 Å². The van der Waals surface area contributed by atoms with Crippen molar-refractivity contribution in [3.8, 4) is 0 Å². The summed E-state index contributed by atoms with van der Waals surface area (Å²) < 4.78 is 37.3. The second kappa shape index (κ2) is 6.73. The number of rotatable bonds is 6. The molecular formula is C13H14N2O7S. The molecular weight excluding hydrogens is 328 g/mol. The summed E-state index contributed by atoms with van der Waals surface area (Å²) in [5, 5.41) is 10.7. The van der Waals surface area contributed by atoms with Crippen molar-refractivity contribution < 1.29 is 27.6 Å². The molecule has 9 nitrogen and oxygen atoms in total. The van der Waals surface area contributed by atoms with Crippen molar-refractivity contribution in [1.29, 1.82) is 0 Å². The highest BCUT2D eigenvalue weighted by molar-refractivity contribution is 7.90. The number of nitro groups is 1. The fourth-order valence-electron chi connectivity index (χ4n) is 1.94. The molecule has 0 aromatic heterocycles. The van der Waals surface area contributed by atoms with Gasteiger partial charge in [-0.25, -0.2) is 0 Å². The number of benzene rings is 1. The summed E-state index contributed by atoms with van der Waals surface area (Å²) >= 11 is 0. The molecule has 1 aliphatic heterocycles. The number of esters is 1. The number of fused-ring (bicyclic) bond motifs is 1. The molecule has 124 valence electrons. The SMILES string of the molecule is CCOC(=O)CCCOC1=NS(=O)(=O)c2cc([N+](=O)[O-])ccc21. The summed E-state index contributed by atoms with van der Waals surface area (Å²) in [4.78, 5) is 20.9. The first-order valence-corrected chi connectivity index (χ1v) is 8.21. The smallest absolute Gasteiger partial charge is 0.305 e. The molecule has 0 spiro atoms. The molecule has 0 saturated heterocycles. The van der Waals surface area contributed by atoms with Crippen LogP contribution in [0.15, 0.2) is 27.5 Å². The van der Waals surface area contributed by atoms with E-state index in [-0.39, 0.29) is 47.6 Å². The first kappa shape index (κ1) is 16.9. The zero-order valence-electron chi connectivity index (χ0n) is 12.2. The maximum absolute atomic E-state index is 11.9. The van der Waals surface area contributed by atoms with Crippen LogP contribution in [0.5, 0.6) is 0 Å². The Bertz CT molecular complexity index is 771. The molecule has 0 fully saturated rings. The van der Waals surface area contributed by atoms with Crippen molar-refractivity contribution >= 4 is 27.6 Å². The minimum Gasteiger partial charge on any atom is -0.477 e. The Hall–Kier alpha value is -2.49. The van der Waals surface area contributed by atoms with Crippen molar-refractivity contribution in [3.05, 3.63) is 33.9 Å². The normalized spacial score (nSPS) is 14.7. The van der Waals surface area contributed by atoms with E-state index in [1.807, 2.05) is 0 Å². The van der Waals surface area contributed by atoms with E-state index in [4.69, 9.17) is 9.47 Å². The molecule has 0 atom stereocenters. The molecule has 0 unspecified atom stereocenters. The number of ether oxygens (including phenoxy) is 2. The van der Waals surface area contributed by atoms with Gasteiger partial charge in [0.25, 0.3) is 15.7 Å². The van der Waals surface area contributed by atoms with Gasteiger partial charge in [0.15, 0.2) is 0 Å². The molecule has 23 heavy (non-hydrogen) atoms. The summed E-state index contributed by atoms with van der Waals surface area (Å²) in [6.45, 7) is 2.06. The highest BCUT2D eigenvalue weighted by atomic mass is 32.2. The van der Waals surface area contributed by atoms with Crippen molar-refractivity contribution in [1.82, 2.24) is 0 Å². The number of non-ortho nitro benzene ring substituents is 1. The third-order valence-corrected chi connectivity index (χ3v) is 4.26. The van der Waals surface area contributed by atoms with E-state index in [9.17, 15) is 23.3 Å². The number of nitrogens with zero attached hydrogens (tertiary/aromatic N) is 2. The fourth-order valence-corrected chi connectivity index (χ4v) is 3.12. The maximum Gasteiger partial charge on any atom is 0.305 e. The van der Waals surface area contributed by atoms with Gasteiger partial charge in [-0.3, -0.25) is 14.9 Å². The fraction of sp³-hybridized carbons (Fsp3) is 0.385. The van der Waals surface area contributed by atoms with Crippen LogP contribution in [0.1, 0.15) is 25.3 Å². The van der Waals surface area contributed by atoms with E-state index >= 15 is 0 Å². The maximum atomic E-state index is 11.9. The minimum absolute atomic E-state index is 0.0730. The second-order valence-corrected chi connectivity index (χ2v) is 6.14. The van der Waals surface area contributed by atoms with Gasteiger partial charge in [-0.2, -0.15) is 8.42 Å². The van der Waals surface area contributed by atoms with Gasteiger partial charge >= 0.3 is 5.97 Å². The molecule has 0 radical (unpaired) electrons. The van der Waals surface area contributed by atoms with Crippen LogP contribution in [0.3, 0.4) is 0 Å². The quantitative estimate of drug-likeness (QED) is 0.331. The van der Waals surface area contributed by atoms with Crippen molar-refractivity contribution in [3.63, 3.8) is 0 Å². The molecule has 2 rings (SSSR count). The molecule has 0 saturated carbocycles. The average molecular weight is 342 g/mol. The highest BCUT2D eigenvalue weighted by Gasteiger charge is 2.32. The topological polar surface area (TPSA) is 125 Å². The Morgan fingerprint density at radius 2 is 2.13 bits per heavy atom. The van der Waals surface area contributed by atoms with Crippen molar-refractivity contribution in [2.75, 3.05) is 13.2 Å². The number of nitro benzene ring substituents is 1. The Morgan fingerprint density at radius 1 is 1.39 bits per heavy atom. The van der Waals surface area contributed by atoms with Gasteiger partial charge in [0.1, 0.15) is 4.90 Å². The average Bonchev–Trinajstić information content (AvgIpc) is 2.75. The van der Waals surface area contributed by atoms with Crippen LogP contribution in [-0.2, 0) is 24.3 Å². The molecule has 1 aromatic rings. The first-order valence-electron chi connectivity index (χ1n) is 6.77. The van der Waals surface area contributed by atoms with Gasteiger partial charge in [0.2, 0.25) is 5.90 Å². The lowest BCUT2D eigenvalue weighted by atomic mass is 10.2. The van der Waals surface area contributed by atoms with Crippen LogP contribution >= 0.6 is 0 Å². The lowest BCUT2D eigenvalue weighted by Crippen LogP contribution is -2.09. The minimum atomic E-state index is -4.01. The molecule has 0 N–H and O–H groups in total. The van der Waals surface area contributed by atoms with Crippen molar-refractivity contribution in [2.45, 2.75) is 24.7 Å². The van der Waals surface area contributed by atoms with E-state index in [1.54, 1.807) is 6.92 Å². The Labute approximate surface area is 132 Å². The Morgan fingerprint density at radius 3 is 2.78 bits per heavy atom. The van der Waals surface area contributed by atoms with Crippen LogP contribution < -0.4 is 0 Å². The predicted octanol–water partition coefficient (Wildman–Crippen LogP) is 1.40. The van der Waals surface area contributed by atoms with E-state index < -0.39 is 14.9 Å². The summed E-state index contributed by atoms with van der Waals surface area (Å²) in [6.07, 6.45) is 0.473. The van der Waals surface area contributed by atoms with Crippen LogP contribution in [0.2, 0.25) is 0 Å². The van der Waals surface area contributed by atoms with Crippen LogP contribution in [0, 0.1) is 10.1 Å². The van der Waals surface area contributed by atoms with E-state index in [0.29, 0.717) is 6.42 Å². The van der Waals surface area contributed by atoms with Crippen molar-refractivity contribution in [2.24, 2.45) is 4.40 Å². The highest BCUT2D eigenvalue weighted by Crippen LogP contribution is 2.30. The molecule has 0 amide bonds. The zero-order valence-corrected chi connectivity index (χ0v) is 13.0. The number of sulfonamides is 1. The lowest BCUT2D eigenvalue weighted by molar-refractivity contribution is -0.385. The molecule has 1 aromatic carbocycles. The lowest BCUT2D eigenvalue weighted by Gasteiger charge is -2.05. The van der Waals surface area contributed by atoms with E-state index in [1.165, 1.54) is 12.1 Å². The zero-order chi connectivity index (χ0) is 17.0. The summed E-state index contributed by atoms with van der Waals surface area (Å²) in [5.41, 5.74) is -0.169. The number of hydrogen-bond donors (Lipinski definition) is 0. The summed E-state index contributed by atoms with van der Waals surface area (Å²) in [6, 6.07) is 3.41. The van der Waals surface area contributed by atoms with Gasteiger partial charge in [0.05, 0.1) is 23.7 Å². The van der Waals surface area contributed by atoms with Gasteiger partial charge in [-0.15, -0.1) is 4.40 Å². The largest absolute Gasteiger partial charge is 0.477 e. The molecule has 0 aliphatic carbocycles. The Kier molecular flexibility index (Phi) is 4.94. The molecule has 10 heteroatoms. The first-order chi connectivity index (χ1) is 10.8. The number of carbonyl (C=O) groups excluding carboxylic acids is 1. The third kappa shape index (κ3) is 3.83. The Balaban J connectivity index is 2.06. The number of carbonyl (C=O) groups is 1. The molecule has 0 bridgehead atoms. The standard InChI is InChI=1S/C13H14N2O7S/c1-2-21-12(16)4-3-7-22-13-10-6-5-9(15(17)18)8-11(10)23(19,20)14-13/h5-6,8H,2-4,7H2,1H3. The predicted molar refractivity (Wildman–Crippen MR) is 78.6 cm³/mol. The van der Waals surface area contributed by atoms with Gasteiger partial charge in [0, 0.05) is 18.6 Å². The van der Waals surface area contributed by atoms with Crippen LogP contribution in [0.4, 0.5) is 5.69 Å². The number of hydrogen-bond acceptors (Lipinski definition) is 7. The van der Waals surface area contributed by atoms with Crippen LogP contribution in [0.25, 0.3) is 0 Å². The summed E-state index contributed by atoms with van der Waals surface area (Å²) in [5.74, 6) is -0.494. The van der Waals surface area contributed by atoms with E-state index in [2.05, 4.69) is 4.40 Å². The summed E-state index contributed by atoms with van der Waals surface area (Å²) in [7, 11) is -4.01. The van der Waals surface area contributed by atoms with Gasteiger partial charge in [-0.05, 0) is 19.4 Å². The molecule has 1 aliphatic rings. The van der Waals surface area contributed by atoms with E-state index in [0.717, 1.165) is 6.07 Å². The van der Waals surface area contributed by atoms with Gasteiger partial charge < -0.3 is 9.47 Å². The monoisotopic (exact) mass is 342 g/mol. The van der Waals surface area contributed by atoms with Gasteiger partial charge in [-0.1, -0.05) is 0 Å².